The van der Waals surface area contributed by atoms with Gasteiger partial charge in [0.2, 0.25) is 0 Å². The summed E-state index contributed by atoms with van der Waals surface area (Å²) in [5.74, 6) is -0.541. The number of hydrogen-bond donors (Lipinski definition) is 7. The van der Waals surface area contributed by atoms with E-state index in [1.807, 2.05) is 111 Å². The number of nitrogens with one attached hydrogen (secondary N) is 5. The minimum absolute atomic E-state index is 0.00833. The van der Waals surface area contributed by atoms with Crippen molar-refractivity contribution in [3.05, 3.63) is 129 Å². The highest BCUT2D eigenvalue weighted by Crippen LogP contribution is 2.45. The van der Waals surface area contributed by atoms with Crippen molar-refractivity contribution < 1.29 is 82.0 Å². The molecule has 0 aromatic carbocycles. The van der Waals surface area contributed by atoms with Crippen LogP contribution in [0.25, 0.3) is 0 Å². The average Bonchev–Trinajstić information content (AvgIpc) is 1.60. The van der Waals surface area contributed by atoms with Crippen LogP contribution in [-0.2, 0) is 76.9 Å². The van der Waals surface area contributed by atoms with Crippen LogP contribution >= 0.6 is 115 Å². The molecule has 5 aromatic rings. The van der Waals surface area contributed by atoms with E-state index in [1.165, 1.54) is 131 Å². The van der Waals surface area contributed by atoms with Crippen LogP contribution < -0.4 is 32.3 Å². The Hall–Kier alpha value is -10.1. The maximum Gasteiger partial charge on any atom is 0.352 e. The zero-order valence-corrected chi connectivity index (χ0v) is 81.8. The van der Waals surface area contributed by atoms with Crippen molar-refractivity contribution in [3.63, 3.8) is 0 Å². The Morgan fingerprint density at radius 3 is 0.709 bits per heavy atom. The van der Waals surface area contributed by atoms with Gasteiger partial charge in [-0.15, -0.1) is 115 Å². The number of aliphatic carboxylic acids is 1. The summed E-state index contributed by atoms with van der Waals surface area (Å²) in [6.07, 6.45) is 0. The van der Waals surface area contributed by atoms with E-state index in [0.29, 0.717) is 44.9 Å². The number of anilines is 1. The maximum atomic E-state index is 12.7. The molecule has 0 aliphatic carbocycles. The lowest BCUT2D eigenvalue weighted by molar-refractivity contribution is -0.150. The number of rotatable bonds is 21. The second-order valence-corrected chi connectivity index (χ2v) is 42.2. The van der Waals surface area contributed by atoms with Gasteiger partial charge in [0, 0.05) is 75.9 Å². The third-order valence-corrected chi connectivity index (χ3v) is 32.8. The van der Waals surface area contributed by atoms with E-state index in [4.69, 9.17) is 29.9 Å². The number of carbonyl (C=O) groups excluding carboxylic acids is 10. The summed E-state index contributed by atoms with van der Waals surface area (Å²) in [4.78, 5) is 195. The van der Waals surface area contributed by atoms with Crippen molar-refractivity contribution in [2.24, 2.45) is 25.8 Å². The first-order valence-corrected chi connectivity index (χ1v) is 48.4. The second-order valence-electron chi connectivity index (χ2n) is 29.8. The Morgan fingerprint density at radius 1 is 0.323 bits per heavy atom. The molecule has 8 N–H and O–H groups in total. The number of amides is 10. The highest BCUT2D eigenvalue weighted by Gasteiger charge is 2.57. The monoisotopic (exact) mass is 1930 g/mol. The summed E-state index contributed by atoms with van der Waals surface area (Å²) in [7, 11) is 6.81. The predicted molar refractivity (Wildman–Crippen MR) is 494 cm³/mol. The summed E-state index contributed by atoms with van der Waals surface area (Å²) in [6, 6.07) is -3.07. The summed E-state index contributed by atoms with van der Waals surface area (Å²) in [5, 5.41) is 45.2. The van der Waals surface area contributed by atoms with Crippen molar-refractivity contribution in [2.45, 2.75) is 182 Å². The quantitative estimate of drug-likeness (QED) is 0.0214. The number of carboxylic acids is 1. The van der Waals surface area contributed by atoms with Gasteiger partial charge in [-0.1, -0.05) is 25.8 Å². The van der Waals surface area contributed by atoms with Crippen LogP contribution in [0.5, 0.6) is 0 Å². The zero-order valence-electron chi connectivity index (χ0n) is 73.7. The maximum absolute atomic E-state index is 12.7. The molecule has 0 saturated carbocycles. The number of nitrogens with zero attached hydrogens (tertiary/aromatic N) is 15. The molecule has 680 valence electrons. The van der Waals surface area contributed by atoms with E-state index in [1.54, 1.807) is 80.5 Å². The molecule has 5 aromatic heterocycles. The fraction of sp³-hybridized carbons (Fsp3) is 0.481. The number of aryl methyl sites for hydroxylation is 9. The largest absolute Gasteiger partial charge is 0.477 e. The molecule has 15 rings (SSSR count). The van der Waals surface area contributed by atoms with Gasteiger partial charge in [0.15, 0.2) is 33.7 Å². The standard InChI is InChI=1S/C16H18N4O5S2.3C16H20N4O3S2.C15H19N5O3S2/c1-6-5-26-15-11(14(22)20(15)12(6)16(23)24)18-13(21)10(19-25-4)9-7(2)27-8(3)17-9;3*1-7-6-24-16-13(15(22)20(16)8(7)2)18-14(21)12(19-23-5)11-9(3)25-10(4)17-11;1-6-5-24-14-11(13(22)20(14)7(6)2)17-12(21)10(19-23-4)9-8(3)25-15(16)18-9/h11,15H,5H2,1-4H3,(H,18,21)(H,23,24);3*13,16H,6H2,1-5H3,(H,18,21);11,14H,5H2,1-4H3,(H2,16,18)(H,17,21). The van der Waals surface area contributed by atoms with Crippen LogP contribution in [0.4, 0.5) is 5.13 Å². The number of fused-ring (bicyclic) bond motifs is 5. The van der Waals surface area contributed by atoms with Crippen molar-refractivity contribution in [3.8, 4) is 0 Å². The van der Waals surface area contributed by atoms with Gasteiger partial charge >= 0.3 is 5.97 Å². The van der Waals surface area contributed by atoms with Crippen LogP contribution in [0.3, 0.4) is 0 Å². The normalized spacial score (nSPS) is 23.1. The number of thiazole rings is 5. The van der Waals surface area contributed by atoms with Crippen LogP contribution in [0.15, 0.2) is 82.1 Å². The molecule has 0 spiro atoms. The molecule has 10 aliphatic heterocycles. The lowest BCUT2D eigenvalue weighted by Crippen LogP contribution is -2.71. The van der Waals surface area contributed by atoms with Crippen molar-refractivity contribution in [2.75, 3.05) is 70.0 Å². The van der Waals surface area contributed by atoms with E-state index in [9.17, 15) is 57.8 Å². The molecule has 10 amide bonds. The van der Waals surface area contributed by atoms with Gasteiger partial charge in [0.05, 0.1) is 20.0 Å². The van der Waals surface area contributed by atoms with Gasteiger partial charge in [0.1, 0.15) is 127 Å². The average molecular weight is 1930 g/mol. The van der Waals surface area contributed by atoms with Crippen LogP contribution in [0, 0.1) is 62.3 Å². The number of thioether (sulfide) groups is 5. The molecule has 0 bridgehead atoms. The summed E-state index contributed by atoms with van der Waals surface area (Å²) in [5.41, 5.74) is 17.5. The molecule has 10 aliphatic rings. The first-order chi connectivity index (χ1) is 60.1. The third-order valence-electron chi connectivity index (χ3n) is 21.3. The predicted octanol–water partition coefficient (Wildman–Crippen LogP) is 7.36. The number of allylic oxidation sites excluding steroid dienone is 4. The van der Waals surface area contributed by atoms with Gasteiger partial charge < -0.3 is 61.6 Å². The van der Waals surface area contributed by atoms with Gasteiger partial charge in [-0.05, 0) is 152 Å². The highest BCUT2D eigenvalue weighted by atomic mass is 32.2. The fourth-order valence-corrected chi connectivity index (χ4v) is 25.4. The Morgan fingerprint density at radius 2 is 0.520 bits per heavy atom. The molecule has 10 unspecified atom stereocenters. The van der Waals surface area contributed by atoms with E-state index in [0.717, 1.165) is 90.2 Å². The molecular formula is C79H97N21O17S10. The number of nitrogen functional groups attached to an aromatic ring is 1. The summed E-state index contributed by atoms with van der Waals surface area (Å²) < 4.78 is 0. The third kappa shape index (κ3) is 20.0. The summed E-state index contributed by atoms with van der Waals surface area (Å²) in [6.45, 7) is 34.2. The van der Waals surface area contributed by atoms with Gasteiger partial charge in [0.25, 0.3) is 59.1 Å². The Bertz CT molecular complexity index is 5120. The van der Waals surface area contributed by atoms with E-state index in [-0.39, 0.29) is 79.4 Å². The number of β-lactam (4-membered cyclic amide) rings is 5. The molecule has 10 atom stereocenters. The lowest BCUT2D eigenvalue weighted by Gasteiger charge is -2.49. The van der Waals surface area contributed by atoms with Crippen molar-refractivity contribution >= 4 is 214 Å². The molecule has 38 nitrogen and oxygen atoms in total. The molecule has 127 heavy (non-hydrogen) atoms. The molecule has 5 saturated heterocycles. The van der Waals surface area contributed by atoms with E-state index in [2.05, 4.69) is 77.3 Å². The lowest BCUT2D eigenvalue weighted by atomic mass is 10.0. The minimum Gasteiger partial charge on any atom is -0.477 e. The van der Waals surface area contributed by atoms with Crippen molar-refractivity contribution in [1.82, 2.24) is 76.0 Å². The fourth-order valence-electron chi connectivity index (χ4n) is 14.4. The van der Waals surface area contributed by atoms with Crippen molar-refractivity contribution in [1.29, 1.82) is 0 Å². The number of carboxylic acid groups (broad SMARTS) is 1. The SMILES string of the molecule is CON=C(C(=O)NC1C(=O)N2C(C(=O)O)=C(C)CSC12)c1nc(C)sc1C.CON=C(C(=O)NC1C(=O)N2C(C)=C(C)CSC12)c1nc(C)sc1C.CON=C(C(=O)NC1C(=O)N2C(C)=C(C)CSC12)c1nc(C)sc1C.CON=C(C(=O)NC1C(=O)N2C(C)=C(C)CSC12)c1nc(C)sc1C.CON=C(C(=O)NC1C(=O)N2C(C)=C(C)CSC12)c1nc(N)sc1C. The van der Waals surface area contributed by atoms with Crippen LogP contribution in [0.2, 0.25) is 0 Å². The van der Waals surface area contributed by atoms with E-state index < -0.39 is 77.0 Å². The smallest absolute Gasteiger partial charge is 0.352 e. The Labute approximate surface area is 773 Å². The Kier molecular flexibility index (Phi) is 31.6. The number of carbonyl (C=O) groups is 11. The second kappa shape index (κ2) is 41.1. The molecular weight excluding hydrogens is 1840 g/mol. The van der Waals surface area contributed by atoms with Gasteiger partial charge in [-0.3, -0.25) is 72.4 Å². The molecule has 48 heteroatoms. The summed E-state index contributed by atoms with van der Waals surface area (Å²) >= 11 is 15.2. The molecule has 0 radical (unpaired) electrons. The number of oxime groups is 5. The van der Waals surface area contributed by atoms with Gasteiger partial charge in [-0.25, -0.2) is 29.7 Å². The molecule has 5 fully saturated rings. The highest BCUT2D eigenvalue weighted by molar-refractivity contribution is 8.01. The number of aromatic nitrogens is 5. The van der Waals surface area contributed by atoms with Crippen LogP contribution in [0.1, 0.15) is 135 Å². The van der Waals surface area contributed by atoms with Crippen LogP contribution in [-0.4, -0.2) is 270 Å². The first kappa shape index (κ1) is 97.5. The zero-order chi connectivity index (χ0) is 93.1. The number of hydrogen-bond acceptors (Lipinski definition) is 37. The minimum atomic E-state index is -1.15. The topological polar surface area (TPSA) is 483 Å². The Balaban J connectivity index is 0.000000154. The molecule has 15 heterocycles. The van der Waals surface area contributed by atoms with E-state index >= 15 is 0 Å². The van der Waals surface area contributed by atoms with Gasteiger partial charge in [-0.2, -0.15) is 0 Å². The first-order valence-electron chi connectivity index (χ1n) is 39.1. The number of nitrogens with two attached hydrogens (primary N) is 1.